The molecule has 0 spiro atoms. The Kier molecular flexibility index (Phi) is 8.90. The van der Waals surface area contributed by atoms with Crippen LogP contribution in [-0.2, 0) is 18.3 Å². The molecule has 1 aliphatic heterocycles. The highest BCUT2D eigenvalue weighted by Gasteiger charge is 2.54. The maximum absolute atomic E-state index is 13.6. The molecule has 2 N–H and O–H groups in total. The molecule has 226 valence electrons. The highest BCUT2D eigenvalue weighted by Crippen LogP contribution is 2.47. The molecule has 1 saturated heterocycles. The minimum atomic E-state index is -3.15. The van der Waals surface area contributed by atoms with Gasteiger partial charge in [0.2, 0.25) is 14.1 Å². The van der Waals surface area contributed by atoms with Crippen LogP contribution in [0.4, 0.5) is 0 Å². The van der Waals surface area contributed by atoms with Gasteiger partial charge in [0, 0.05) is 6.20 Å². The summed E-state index contributed by atoms with van der Waals surface area (Å²) in [6, 6.07) is 9.56. The van der Waals surface area contributed by atoms with Crippen LogP contribution in [0.2, 0.25) is 16.6 Å². The van der Waals surface area contributed by atoms with Gasteiger partial charge in [-0.15, -0.1) is 4.52 Å². The molecular formula is C27H35BrN5O7PSi. The molecule has 12 nitrogen and oxygen atoms in total. The van der Waals surface area contributed by atoms with Crippen molar-refractivity contribution in [3.05, 3.63) is 51.6 Å². The number of ether oxygens (including phenoxy) is 1. The van der Waals surface area contributed by atoms with Crippen molar-refractivity contribution in [1.29, 1.82) is 0 Å². The lowest BCUT2D eigenvalue weighted by atomic mass is 10.1. The van der Waals surface area contributed by atoms with Gasteiger partial charge >= 0.3 is 8.25 Å². The molecule has 0 amide bonds. The molecule has 1 fully saturated rings. The number of aliphatic hydroxyl groups is 1. The zero-order valence-corrected chi connectivity index (χ0v) is 27.7. The normalized spacial score (nSPS) is 22.0. The van der Waals surface area contributed by atoms with Gasteiger partial charge in [0.05, 0.1) is 5.69 Å². The predicted octanol–water partition coefficient (Wildman–Crippen LogP) is 4.66. The summed E-state index contributed by atoms with van der Waals surface area (Å²) in [5.41, 5.74) is 2.10. The molecule has 4 aromatic rings. The van der Waals surface area contributed by atoms with Gasteiger partial charge in [-0.05, 0) is 42.7 Å². The van der Waals surface area contributed by atoms with E-state index in [1.807, 2.05) is 30.3 Å². The third-order valence-corrected chi connectivity index (χ3v) is 15.3. The van der Waals surface area contributed by atoms with Crippen LogP contribution in [0.25, 0.3) is 28.2 Å². The molecule has 0 aliphatic carbocycles. The number of rotatable bonds is 10. The fourth-order valence-electron chi connectivity index (χ4n) is 6.46. The molecule has 1 unspecified atom stereocenters. The Balaban J connectivity index is 1.65. The van der Waals surface area contributed by atoms with Crippen LogP contribution < -0.4 is 10.5 Å². The van der Waals surface area contributed by atoms with E-state index in [9.17, 15) is 19.4 Å². The average Bonchev–Trinajstić information content (AvgIpc) is 3.59. The smallest absolute Gasteiger partial charge is 0.488 e. The number of hydrogen-bond acceptors (Lipinski definition) is 9. The van der Waals surface area contributed by atoms with Crippen LogP contribution in [0.15, 0.2) is 46.1 Å². The van der Waals surface area contributed by atoms with E-state index >= 15 is 0 Å². The summed E-state index contributed by atoms with van der Waals surface area (Å²) in [6.45, 7) is 12.4. The fraction of sp³-hybridized carbons (Fsp3) is 0.519. The van der Waals surface area contributed by atoms with E-state index in [-0.39, 0.29) is 38.1 Å². The van der Waals surface area contributed by atoms with Crippen LogP contribution in [0, 0.1) is 0 Å². The molecular weight excluding hydrogens is 645 g/mol. The standard InChI is InChI=1S/C27H35BrN5O7PSi/c1-14(2)42(15(3)4,16(5)6)40-22-21(34)19(13-38-41(36)37)39-25(22)33-23-20(30-26(33)28)24(35)32-12-18(29-27(32)31-23)17-10-8-7-9-11-17/h7-12,14-16,19,21-22,25,34H,13H2,1-6H3,(H,29,31)/t19-,21-,22-,25-/m1/s1. The van der Waals surface area contributed by atoms with Gasteiger partial charge in [-0.1, -0.05) is 71.9 Å². The van der Waals surface area contributed by atoms with Crippen LogP contribution in [0.5, 0.6) is 0 Å². The SMILES string of the molecule is CC(C)[Si](O[C@@H]1[C@H](O)[C@@H](CO[P+](=O)[O-])O[C@H]1n1c(Br)nc2c(=O)n3cc(-c4ccccc4)[nH]c3nc21)(C(C)C)C(C)C. The number of fused-ring (bicyclic) bond motifs is 2. The number of aliphatic hydroxyl groups excluding tert-OH is 1. The topological polar surface area (TPSA) is 156 Å². The molecule has 4 heterocycles. The Hall–Kier alpha value is -2.29. The second-order valence-corrected chi connectivity index (χ2v) is 18.4. The summed E-state index contributed by atoms with van der Waals surface area (Å²) in [6.07, 6.45) is -2.47. The minimum Gasteiger partial charge on any atom is -0.566 e. The van der Waals surface area contributed by atoms with Crippen molar-refractivity contribution in [3.63, 3.8) is 0 Å². The summed E-state index contributed by atoms with van der Waals surface area (Å²) in [4.78, 5) is 37.3. The average molecular weight is 681 g/mol. The summed E-state index contributed by atoms with van der Waals surface area (Å²) < 4.78 is 32.6. The van der Waals surface area contributed by atoms with E-state index in [1.54, 1.807) is 10.8 Å². The summed E-state index contributed by atoms with van der Waals surface area (Å²) in [5, 5.41) is 11.5. The fourth-order valence-corrected chi connectivity index (χ4v) is 12.8. The first kappa shape index (κ1) is 31.1. The lowest BCUT2D eigenvalue weighted by molar-refractivity contribution is -0.188. The maximum Gasteiger partial charge on any atom is 0.488 e. The number of halogens is 1. The third-order valence-electron chi connectivity index (χ3n) is 8.25. The van der Waals surface area contributed by atoms with Crippen molar-refractivity contribution in [2.24, 2.45) is 0 Å². The highest BCUT2D eigenvalue weighted by atomic mass is 79.9. The van der Waals surface area contributed by atoms with Gasteiger partial charge in [-0.2, -0.15) is 4.98 Å². The molecule has 3 aromatic heterocycles. The second-order valence-electron chi connectivity index (χ2n) is 11.5. The summed E-state index contributed by atoms with van der Waals surface area (Å²) >= 11 is 3.48. The number of aromatic nitrogens is 5. The first-order valence-electron chi connectivity index (χ1n) is 13.9. The molecule has 15 heteroatoms. The maximum atomic E-state index is 13.6. The predicted molar refractivity (Wildman–Crippen MR) is 162 cm³/mol. The minimum absolute atomic E-state index is 0.0947. The van der Waals surface area contributed by atoms with E-state index in [1.165, 1.54) is 4.40 Å². The van der Waals surface area contributed by atoms with Crippen LogP contribution in [0.1, 0.15) is 47.8 Å². The zero-order valence-electron chi connectivity index (χ0n) is 24.2. The van der Waals surface area contributed by atoms with Crippen molar-refractivity contribution >= 4 is 49.4 Å². The van der Waals surface area contributed by atoms with E-state index in [4.69, 9.17) is 18.7 Å². The number of imidazole rings is 2. The summed E-state index contributed by atoms with van der Waals surface area (Å²) in [7, 11) is -5.73. The Morgan fingerprint density at radius 1 is 1.14 bits per heavy atom. The van der Waals surface area contributed by atoms with E-state index < -0.39 is 47.7 Å². The molecule has 5 rings (SSSR count). The Labute approximate surface area is 253 Å². The van der Waals surface area contributed by atoms with Gasteiger partial charge in [0.15, 0.2) is 22.1 Å². The Morgan fingerprint density at radius 2 is 1.79 bits per heavy atom. The van der Waals surface area contributed by atoms with E-state index in [0.29, 0.717) is 11.5 Å². The van der Waals surface area contributed by atoms with Gasteiger partial charge in [-0.25, -0.2) is 9.38 Å². The van der Waals surface area contributed by atoms with Crippen molar-refractivity contribution in [2.75, 3.05) is 6.61 Å². The zero-order chi connectivity index (χ0) is 30.5. The monoisotopic (exact) mass is 679 g/mol. The van der Waals surface area contributed by atoms with Crippen molar-refractivity contribution in [1.82, 2.24) is 23.9 Å². The van der Waals surface area contributed by atoms with Gasteiger partial charge in [-0.3, -0.25) is 9.36 Å². The number of benzene rings is 1. The quantitative estimate of drug-likeness (QED) is 0.138. The van der Waals surface area contributed by atoms with Crippen LogP contribution in [-0.4, -0.2) is 62.3 Å². The van der Waals surface area contributed by atoms with Crippen LogP contribution >= 0.6 is 24.2 Å². The number of nitrogens with zero attached hydrogens (tertiary/aromatic N) is 4. The molecule has 42 heavy (non-hydrogen) atoms. The third kappa shape index (κ3) is 5.32. The largest absolute Gasteiger partial charge is 0.566 e. The lowest BCUT2D eigenvalue weighted by Gasteiger charge is -2.45. The second kappa shape index (κ2) is 12.0. The first-order valence-corrected chi connectivity index (χ1v) is 17.9. The van der Waals surface area contributed by atoms with E-state index in [2.05, 4.69) is 67.4 Å². The molecule has 1 aromatic carbocycles. The van der Waals surface area contributed by atoms with Gasteiger partial charge in [0.1, 0.15) is 24.9 Å². The molecule has 1 aliphatic rings. The highest BCUT2D eigenvalue weighted by molar-refractivity contribution is 9.10. The number of H-pyrrole nitrogens is 1. The van der Waals surface area contributed by atoms with E-state index in [0.717, 1.165) is 5.56 Å². The lowest BCUT2D eigenvalue weighted by Crippen LogP contribution is -2.53. The van der Waals surface area contributed by atoms with Crippen molar-refractivity contribution in [2.45, 2.75) is 82.7 Å². The molecule has 0 saturated carbocycles. The van der Waals surface area contributed by atoms with Crippen LogP contribution in [0.3, 0.4) is 0 Å². The summed E-state index contributed by atoms with van der Waals surface area (Å²) in [5.74, 6) is 0.300. The Morgan fingerprint density at radius 3 is 2.38 bits per heavy atom. The molecule has 0 bridgehead atoms. The van der Waals surface area contributed by atoms with Crippen molar-refractivity contribution < 1.29 is 28.3 Å². The van der Waals surface area contributed by atoms with Gasteiger partial charge in [0.25, 0.3) is 5.56 Å². The molecule has 0 radical (unpaired) electrons. The van der Waals surface area contributed by atoms with Gasteiger partial charge < -0.3 is 24.1 Å². The number of aromatic amines is 1. The Bertz CT molecular complexity index is 1640. The first-order chi connectivity index (χ1) is 19.9. The number of nitrogens with one attached hydrogen (secondary N) is 1. The number of hydrogen-bond donors (Lipinski definition) is 2. The molecule has 5 atom stereocenters. The van der Waals surface area contributed by atoms with Crippen molar-refractivity contribution in [3.8, 4) is 11.3 Å².